The quantitative estimate of drug-likeness (QED) is 0.856. The predicted octanol–water partition coefficient (Wildman–Crippen LogP) is 2.09. The van der Waals surface area contributed by atoms with Gasteiger partial charge in [0, 0.05) is 32.6 Å². The summed E-state index contributed by atoms with van der Waals surface area (Å²) in [6.45, 7) is 1.94. The van der Waals surface area contributed by atoms with E-state index in [1.807, 2.05) is 12.1 Å². The Morgan fingerprint density at radius 3 is 2.66 bits per heavy atom. The van der Waals surface area contributed by atoms with Gasteiger partial charge in [-0.1, -0.05) is 12.1 Å². The molecule has 29 heavy (non-hydrogen) atoms. The number of amides is 3. The molecule has 2 aromatic rings. The number of methoxy groups -OCH3 is 1. The number of benzene rings is 1. The van der Waals surface area contributed by atoms with Crippen LogP contribution in [0.15, 0.2) is 41.0 Å². The topological polar surface area (TPSA) is 92.1 Å². The molecule has 152 valence electrons. The SMILES string of the molecule is COc1cccc2c1NC(=O)CC2C(=O)N1CCCN(C(=O)c2ccco2)CC1. The zero-order chi connectivity index (χ0) is 20.4. The van der Waals surface area contributed by atoms with Gasteiger partial charge in [0.1, 0.15) is 5.75 Å². The number of rotatable bonds is 3. The van der Waals surface area contributed by atoms with E-state index in [9.17, 15) is 14.4 Å². The lowest BCUT2D eigenvalue weighted by Crippen LogP contribution is -2.41. The third-order valence-electron chi connectivity index (χ3n) is 5.43. The molecule has 1 atom stereocenters. The molecular formula is C21H23N3O5. The Hall–Kier alpha value is -3.29. The molecule has 1 N–H and O–H groups in total. The number of furan rings is 1. The van der Waals surface area contributed by atoms with Gasteiger partial charge in [-0.15, -0.1) is 0 Å². The highest BCUT2D eigenvalue weighted by Gasteiger charge is 2.35. The molecule has 1 saturated heterocycles. The fraction of sp³-hybridized carbons (Fsp3) is 0.381. The summed E-state index contributed by atoms with van der Waals surface area (Å²) >= 11 is 0. The molecule has 0 spiro atoms. The fourth-order valence-electron chi connectivity index (χ4n) is 3.97. The third kappa shape index (κ3) is 3.70. The minimum Gasteiger partial charge on any atom is -0.495 e. The van der Waals surface area contributed by atoms with Gasteiger partial charge in [0.25, 0.3) is 5.91 Å². The molecular weight excluding hydrogens is 374 g/mol. The first kappa shape index (κ1) is 19.0. The maximum atomic E-state index is 13.3. The number of ether oxygens (including phenoxy) is 1. The zero-order valence-electron chi connectivity index (χ0n) is 16.2. The van der Waals surface area contributed by atoms with Crippen LogP contribution in [0.25, 0.3) is 0 Å². The Balaban J connectivity index is 1.51. The van der Waals surface area contributed by atoms with Crippen molar-refractivity contribution in [1.29, 1.82) is 0 Å². The average Bonchev–Trinajstić information content (AvgIpc) is 3.16. The van der Waals surface area contributed by atoms with Crippen LogP contribution < -0.4 is 10.1 Å². The highest BCUT2D eigenvalue weighted by Crippen LogP contribution is 2.39. The smallest absolute Gasteiger partial charge is 0.289 e. The van der Waals surface area contributed by atoms with Crippen LogP contribution in [0.5, 0.6) is 5.75 Å². The maximum absolute atomic E-state index is 13.3. The van der Waals surface area contributed by atoms with E-state index in [2.05, 4.69) is 5.32 Å². The summed E-state index contributed by atoms with van der Waals surface area (Å²) in [5, 5.41) is 2.82. The van der Waals surface area contributed by atoms with Gasteiger partial charge in [-0.2, -0.15) is 0 Å². The summed E-state index contributed by atoms with van der Waals surface area (Å²) in [5.41, 5.74) is 1.33. The van der Waals surface area contributed by atoms with Gasteiger partial charge in [0.2, 0.25) is 11.8 Å². The van der Waals surface area contributed by atoms with Gasteiger partial charge in [0.15, 0.2) is 5.76 Å². The number of nitrogens with zero attached hydrogens (tertiary/aromatic N) is 2. The summed E-state index contributed by atoms with van der Waals surface area (Å²) in [6.07, 6.45) is 2.24. The normalized spacial score (nSPS) is 19.2. The first-order valence-electron chi connectivity index (χ1n) is 9.67. The van der Waals surface area contributed by atoms with E-state index in [-0.39, 0.29) is 24.1 Å². The van der Waals surface area contributed by atoms with Crippen LogP contribution in [0.2, 0.25) is 0 Å². The number of carbonyl (C=O) groups is 3. The molecule has 2 aliphatic rings. The molecule has 4 rings (SSSR count). The molecule has 3 amide bonds. The van der Waals surface area contributed by atoms with Crippen LogP contribution in [-0.4, -0.2) is 60.8 Å². The summed E-state index contributed by atoms with van der Waals surface area (Å²) in [5.74, 6) is -0.182. The number of hydrogen-bond acceptors (Lipinski definition) is 5. The lowest BCUT2D eigenvalue weighted by molar-refractivity contribution is -0.134. The van der Waals surface area contributed by atoms with E-state index in [1.165, 1.54) is 13.4 Å². The first-order valence-corrected chi connectivity index (χ1v) is 9.67. The van der Waals surface area contributed by atoms with E-state index in [0.717, 1.165) is 5.56 Å². The highest BCUT2D eigenvalue weighted by molar-refractivity contribution is 6.02. The van der Waals surface area contributed by atoms with Gasteiger partial charge >= 0.3 is 0 Å². The van der Waals surface area contributed by atoms with Crippen LogP contribution in [-0.2, 0) is 9.59 Å². The second-order valence-electron chi connectivity index (χ2n) is 7.18. The fourth-order valence-corrected chi connectivity index (χ4v) is 3.97. The second-order valence-corrected chi connectivity index (χ2v) is 7.18. The van der Waals surface area contributed by atoms with Crippen LogP contribution in [0.3, 0.4) is 0 Å². The van der Waals surface area contributed by atoms with Gasteiger partial charge in [-0.05, 0) is 30.2 Å². The van der Waals surface area contributed by atoms with Crippen molar-refractivity contribution in [1.82, 2.24) is 9.80 Å². The van der Waals surface area contributed by atoms with Crippen molar-refractivity contribution in [2.45, 2.75) is 18.8 Å². The molecule has 0 radical (unpaired) electrons. The maximum Gasteiger partial charge on any atom is 0.289 e. The van der Waals surface area contributed by atoms with Crippen molar-refractivity contribution in [3.05, 3.63) is 47.9 Å². The molecule has 2 aliphatic heterocycles. The molecule has 1 unspecified atom stereocenters. The molecule has 3 heterocycles. The Labute approximate surface area is 168 Å². The van der Waals surface area contributed by atoms with Crippen LogP contribution >= 0.6 is 0 Å². The summed E-state index contributed by atoms with van der Waals surface area (Å²) in [6, 6.07) is 8.75. The van der Waals surface area contributed by atoms with Gasteiger partial charge in [0.05, 0.1) is 25.0 Å². The zero-order valence-corrected chi connectivity index (χ0v) is 16.2. The first-order chi connectivity index (χ1) is 14.1. The molecule has 1 fully saturated rings. The van der Waals surface area contributed by atoms with Crippen molar-refractivity contribution in [2.24, 2.45) is 0 Å². The standard InChI is InChI=1S/C21H23N3O5/c1-28-16-6-2-5-14-15(13-18(25)22-19(14)16)20(26)23-8-4-9-24(11-10-23)21(27)17-7-3-12-29-17/h2-3,5-7,12,15H,4,8-11,13H2,1H3,(H,22,25). The average molecular weight is 397 g/mol. The van der Waals surface area contributed by atoms with E-state index in [1.54, 1.807) is 28.0 Å². The van der Waals surface area contributed by atoms with Crippen molar-refractivity contribution in [3.63, 3.8) is 0 Å². The predicted molar refractivity (Wildman–Crippen MR) is 105 cm³/mol. The third-order valence-corrected chi connectivity index (χ3v) is 5.43. The second kappa shape index (κ2) is 7.98. The van der Waals surface area contributed by atoms with Gasteiger partial charge in [-0.25, -0.2) is 0 Å². The van der Waals surface area contributed by atoms with Crippen LogP contribution in [0.1, 0.15) is 34.9 Å². The summed E-state index contributed by atoms with van der Waals surface area (Å²) < 4.78 is 10.5. The van der Waals surface area contributed by atoms with E-state index in [4.69, 9.17) is 9.15 Å². The molecule has 0 saturated carbocycles. The lowest BCUT2D eigenvalue weighted by atomic mass is 9.89. The monoisotopic (exact) mass is 397 g/mol. The minimum absolute atomic E-state index is 0.0957. The van der Waals surface area contributed by atoms with Gasteiger partial charge in [-0.3, -0.25) is 14.4 Å². The largest absolute Gasteiger partial charge is 0.495 e. The highest BCUT2D eigenvalue weighted by atomic mass is 16.5. The number of anilines is 1. The molecule has 0 bridgehead atoms. The van der Waals surface area contributed by atoms with Crippen molar-refractivity contribution >= 4 is 23.4 Å². The number of carbonyl (C=O) groups excluding carboxylic acids is 3. The van der Waals surface area contributed by atoms with Crippen LogP contribution in [0, 0.1) is 0 Å². The van der Waals surface area contributed by atoms with E-state index in [0.29, 0.717) is 49.8 Å². The van der Waals surface area contributed by atoms with E-state index < -0.39 is 5.92 Å². The molecule has 0 aliphatic carbocycles. The lowest BCUT2D eigenvalue weighted by Gasteiger charge is -2.30. The summed E-state index contributed by atoms with van der Waals surface area (Å²) in [4.78, 5) is 41.5. The van der Waals surface area contributed by atoms with E-state index >= 15 is 0 Å². The van der Waals surface area contributed by atoms with Crippen molar-refractivity contribution in [2.75, 3.05) is 38.6 Å². The Morgan fingerprint density at radius 2 is 1.90 bits per heavy atom. The molecule has 1 aromatic carbocycles. The summed E-state index contributed by atoms with van der Waals surface area (Å²) in [7, 11) is 1.53. The van der Waals surface area contributed by atoms with Crippen molar-refractivity contribution < 1.29 is 23.5 Å². The number of hydrogen-bond donors (Lipinski definition) is 1. The minimum atomic E-state index is -0.554. The Kier molecular flexibility index (Phi) is 5.24. The molecule has 8 heteroatoms. The van der Waals surface area contributed by atoms with Crippen molar-refractivity contribution in [3.8, 4) is 5.75 Å². The molecule has 1 aromatic heterocycles. The Bertz CT molecular complexity index is 924. The Morgan fingerprint density at radius 1 is 1.10 bits per heavy atom. The number of nitrogens with one attached hydrogen (secondary N) is 1. The molecule has 8 nitrogen and oxygen atoms in total. The van der Waals surface area contributed by atoms with Gasteiger partial charge < -0.3 is 24.3 Å². The number of fused-ring (bicyclic) bond motifs is 1. The number of para-hydroxylation sites is 1. The van der Waals surface area contributed by atoms with Crippen LogP contribution in [0.4, 0.5) is 5.69 Å².